The normalized spacial score (nSPS) is 20.5. The molecule has 5 nitrogen and oxygen atoms in total. The van der Waals surface area contributed by atoms with Crippen molar-refractivity contribution >= 4 is 12.4 Å². The monoisotopic (exact) mass is 288 g/mol. The van der Waals surface area contributed by atoms with Crippen molar-refractivity contribution in [2.75, 3.05) is 13.1 Å². The van der Waals surface area contributed by atoms with Crippen LogP contribution >= 0.6 is 12.4 Å². The van der Waals surface area contributed by atoms with Crippen molar-refractivity contribution in [2.45, 2.75) is 58.0 Å². The highest BCUT2D eigenvalue weighted by Gasteiger charge is 2.23. The number of hydrogen-bond donors (Lipinski definition) is 1. The molecular formula is C13H25ClN4O. The summed E-state index contributed by atoms with van der Waals surface area (Å²) in [5.41, 5.74) is 5.68. The Morgan fingerprint density at radius 1 is 1.42 bits per heavy atom. The van der Waals surface area contributed by atoms with Gasteiger partial charge in [-0.1, -0.05) is 25.4 Å². The number of nitrogens with two attached hydrogens (primary N) is 1. The van der Waals surface area contributed by atoms with Crippen LogP contribution in [0.1, 0.15) is 57.2 Å². The predicted octanol–water partition coefficient (Wildman–Crippen LogP) is 2.32. The third-order valence-electron chi connectivity index (χ3n) is 3.59. The zero-order valence-corrected chi connectivity index (χ0v) is 12.7. The van der Waals surface area contributed by atoms with E-state index >= 15 is 0 Å². The Balaban J connectivity index is 0.00000180. The van der Waals surface area contributed by atoms with Crippen LogP contribution in [0.25, 0.3) is 0 Å². The molecule has 0 aliphatic carbocycles. The summed E-state index contributed by atoms with van der Waals surface area (Å²) in [5, 5.41) is 4.01. The van der Waals surface area contributed by atoms with E-state index in [1.807, 2.05) is 0 Å². The summed E-state index contributed by atoms with van der Waals surface area (Å²) in [6, 6.07) is 0.582. The summed E-state index contributed by atoms with van der Waals surface area (Å²) in [5.74, 6) is 1.86. The molecule has 1 atom stereocenters. The molecule has 1 aliphatic rings. The van der Waals surface area contributed by atoms with Gasteiger partial charge in [0, 0.05) is 12.0 Å². The highest BCUT2D eigenvalue weighted by Crippen LogP contribution is 2.21. The zero-order chi connectivity index (χ0) is 13.0. The molecule has 0 amide bonds. The minimum Gasteiger partial charge on any atom is -0.338 e. The highest BCUT2D eigenvalue weighted by molar-refractivity contribution is 5.85. The van der Waals surface area contributed by atoms with Crippen LogP contribution < -0.4 is 5.73 Å². The summed E-state index contributed by atoms with van der Waals surface area (Å²) >= 11 is 0. The lowest BCUT2D eigenvalue weighted by atomic mass is 9.99. The minimum absolute atomic E-state index is 0. The fourth-order valence-electron chi connectivity index (χ4n) is 2.53. The molecule has 0 aromatic carbocycles. The number of piperidine rings is 1. The number of halogens is 1. The molecule has 1 aromatic rings. The van der Waals surface area contributed by atoms with Gasteiger partial charge in [-0.2, -0.15) is 4.98 Å². The Morgan fingerprint density at radius 3 is 2.84 bits per heavy atom. The van der Waals surface area contributed by atoms with Crippen molar-refractivity contribution in [1.82, 2.24) is 15.0 Å². The van der Waals surface area contributed by atoms with Crippen LogP contribution in [0.3, 0.4) is 0 Å². The van der Waals surface area contributed by atoms with Gasteiger partial charge in [-0.15, -0.1) is 12.4 Å². The molecule has 6 heteroatoms. The number of likely N-dealkylation sites (tertiary alicyclic amines) is 1. The minimum atomic E-state index is 0. The molecule has 0 saturated carbocycles. The summed E-state index contributed by atoms with van der Waals surface area (Å²) in [6.45, 7) is 6.79. The Morgan fingerprint density at radius 2 is 2.21 bits per heavy atom. The average Bonchev–Trinajstić information content (AvgIpc) is 2.81. The number of rotatable bonds is 5. The van der Waals surface area contributed by atoms with Crippen LogP contribution in [-0.4, -0.2) is 34.2 Å². The van der Waals surface area contributed by atoms with Crippen molar-refractivity contribution in [1.29, 1.82) is 0 Å². The smallest absolute Gasteiger partial charge is 0.240 e. The van der Waals surface area contributed by atoms with Crippen LogP contribution in [-0.2, 0) is 6.54 Å². The molecule has 1 unspecified atom stereocenters. The summed E-state index contributed by atoms with van der Waals surface area (Å²) in [4.78, 5) is 6.89. The standard InChI is InChI=1S/C13H24N4O.ClH/c1-10(2)13-15-12(18-16-13)9-17-8-4-3-5-11(17)6-7-14;/h10-11H,3-9,14H2,1-2H3;1H. The fraction of sp³-hybridized carbons (Fsp3) is 0.846. The average molecular weight is 289 g/mol. The van der Waals surface area contributed by atoms with Gasteiger partial charge < -0.3 is 10.3 Å². The van der Waals surface area contributed by atoms with E-state index in [9.17, 15) is 0 Å². The third kappa shape index (κ3) is 4.44. The molecule has 0 spiro atoms. The van der Waals surface area contributed by atoms with Crippen LogP contribution in [0.15, 0.2) is 4.52 Å². The molecular weight excluding hydrogens is 264 g/mol. The molecule has 0 bridgehead atoms. The largest absolute Gasteiger partial charge is 0.338 e. The Bertz CT molecular complexity index is 367. The quantitative estimate of drug-likeness (QED) is 0.900. The van der Waals surface area contributed by atoms with Crippen LogP contribution in [0.2, 0.25) is 0 Å². The van der Waals surface area contributed by atoms with Gasteiger partial charge in [0.05, 0.1) is 6.54 Å². The summed E-state index contributed by atoms with van der Waals surface area (Å²) < 4.78 is 5.32. The van der Waals surface area contributed by atoms with Gasteiger partial charge in [0.1, 0.15) is 0 Å². The molecule has 2 heterocycles. The van der Waals surface area contributed by atoms with E-state index < -0.39 is 0 Å². The molecule has 0 radical (unpaired) electrons. The first-order valence-electron chi connectivity index (χ1n) is 6.97. The SMILES string of the molecule is CC(C)c1noc(CN2CCCCC2CCN)n1.Cl. The molecule has 110 valence electrons. The fourth-order valence-corrected chi connectivity index (χ4v) is 2.53. The Hall–Kier alpha value is -0.650. The molecule has 2 rings (SSSR count). The van der Waals surface area contributed by atoms with E-state index in [2.05, 4.69) is 28.9 Å². The van der Waals surface area contributed by atoms with Gasteiger partial charge in [0.2, 0.25) is 5.89 Å². The lowest BCUT2D eigenvalue weighted by Gasteiger charge is -2.34. The van der Waals surface area contributed by atoms with E-state index in [0.717, 1.165) is 37.8 Å². The topological polar surface area (TPSA) is 68.2 Å². The van der Waals surface area contributed by atoms with Gasteiger partial charge in [0.25, 0.3) is 0 Å². The number of hydrogen-bond acceptors (Lipinski definition) is 5. The molecule has 19 heavy (non-hydrogen) atoms. The maximum atomic E-state index is 5.68. The lowest BCUT2D eigenvalue weighted by Crippen LogP contribution is -2.40. The molecule has 1 aliphatic heterocycles. The van der Waals surface area contributed by atoms with Gasteiger partial charge in [-0.05, 0) is 32.4 Å². The van der Waals surface area contributed by atoms with Crippen LogP contribution in [0.4, 0.5) is 0 Å². The maximum Gasteiger partial charge on any atom is 0.240 e. The first kappa shape index (κ1) is 16.4. The Kier molecular flexibility index (Phi) is 6.75. The van der Waals surface area contributed by atoms with Crippen molar-refractivity contribution in [3.05, 3.63) is 11.7 Å². The third-order valence-corrected chi connectivity index (χ3v) is 3.59. The van der Waals surface area contributed by atoms with Crippen LogP contribution in [0, 0.1) is 0 Å². The predicted molar refractivity (Wildman–Crippen MR) is 77.4 cm³/mol. The lowest BCUT2D eigenvalue weighted by molar-refractivity contribution is 0.118. The number of aromatic nitrogens is 2. The molecule has 1 saturated heterocycles. The van der Waals surface area contributed by atoms with Gasteiger partial charge in [-0.25, -0.2) is 0 Å². The van der Waals surface area contributed by atoms with Gasteiger partial charge in [-0.3, -0.25) is 4.90 Å². The van der Waals surface area contributed by atoms with E-state index in [0.29, 0.717) is 12.0 Å². The zero-order valence-electron chi connectivity index (χ0n) is 11.8. The van der Waals surface area contributed by atoms with E-state index in [1.165, 1.54) is 19.3 Å². The summed E-state index contributed by atoms with van der Waals surface area (Å²) in [6.07, 6.45) is 4.86. The van der Waals surface area contributed by atoms with Crippen molar-refractivity contribution in [3.8, 4) is 0 Å². The number of nitrogens with zero attached hydrogens (tertiary/aromatic N) is 3. The highest BCUT2D eigenvalue weighted by atomic mass is 35.5. The molecule has 2 N–H and O–H groups in total. The summed E-state index contributed by atoms with van der Waals surface area (Å²) in [7, 11) is 0. The van der Waals surface area contributed by atoms with Crippen LogP contribution in [0.5, 0.6) is 0 Å². The molecule has 1 fully saturated rings. The maximum absolute atomic E-state index is 5.68. The second-order valence-electron chi connectivity index (χ2n) is 5.40. The first-order chi connectivity index (χ1) is 8.70. The van der Waals surface area contributed by atoms with Gasteiger partial charge >= 0.3 is 0 Å². The second-order valence-corrected chi connectivity index (χ2v) is 5.40. The van der Waals surface area contributed by atoms with E-state index in [1.54, 1.807) is 0 Å². The first-order valence-corrected chi connectivity index (χ1v) is 6.97. The van der Waals surface area contributed by atoms with Gasteiger partial charge in [0.15, 0.2) is 5.82 Å². The van der Waals surface area contributed by atoms with Crippen molar-refractivity contribution < 1.29 is 4.52 Å². The Labute approximate surface area is 121 Å². The molecule has 1 aromatic heterocycles. The van der Waals surface area contributed by atoms with E-state index in [4.69, 9.17) is 10.3 Å². The van der Waals surface area contributed by atoms with E-state index in [-0.39, 0.29) is 12.4 Å². The second kappa shape index (κ2) is 7.82. The van der Waals surface area contributed by atoms with Crippen molar-refractivity contribution in [2.24, 2.45) is 5.73 Å². The van der Waals surface area contributed by atoms with Crippen molar-refractivity contribution in [3.63, 3.8) is 0 Å².